The molecule has 21 heavy (non-hydrogen) atoms. The van der Waals surface area contributed by atoms with Gasteiger partial charge >= 0.3 is 0 Å². The molecule has 0 atom stereocenters. The van der Waals surface area contributed by atoms with Gasteiger partial charge in [-0.15, -0.1) is 0 Å². The first-order valence-corrected chi connectivity index (χ1v) is 6.36. The van der Waals surface area contributed by atoms with Crippen LogP contribution in [-0.2, 0) is 7.05 Å². The van der Waals surface area contributed by atoms with E-state index in [9.17, 15) is 0 Å². The summed E-state index contributed by atoms with van der Waals surface area (Å²) in [5.74, 6) is 0. The highest BCUT2D eigenvalue weighted by Crippen LogP contribution is 2.09. The third-order valence-corrected chi connectivity index (χ3v) is 3.09. The number of hydrogen-bond acceptors (Lipinski definition) is 6. The number of fused-ring (bicyclic) bond motifs is 2. The van der Waals surface area contributed by atoms with Crippen molar-refractivity contribution >= 4 is 22.3 Å². The molecule has 106 valence electrons. The molecule has 0 saturated heterocycles. The fraction of sp³-hybridized carbons (Fsp3) is 0.231. The molecule has 0 aliphatic heterocycles. The Bertz CT molecular complexity index is 891. The number of aromatic amines is 1. The predicted molar refractivity (Wildman–Crippen MR) is 77.5 cm³/mol. The lowest BCUT2D eigenvalue weighted by Crippen LogP contribution is -1.90. The maximum absolute atomic E-state index is 4.16. The van der Waals surface area contributed by atoms with Crippen molar-refractivity contribution in [3.8, 4) is 0 Å². The van der Waals surface area contributed by atoms with Crippen LogP contribution in [-0.4, -0.2) is 39.5 Å². The average Bonchev–Trinajstić information content (AvgIpc) is 3.09. The smallest absolute Gasteiger partial charge is 0.180 e. The summed E-state index contributed by atoms with van der Waals surface area (Å²) in [7, 11) is 1.92. The quantitative estimate of drug-likeness (QED) is 0.522. The van der Waals surface area contributed by atoms with E-state index in [0.29, 0.717) is 0 Å². The van der Waals surface area contributed by atoms with Crippen molar-refractivity contribution in [2.24, 2.45) is 7.05 Å². The molecule has 0 aliphatic carbocycles. The van der Waals surface area contributed by atoms with E-state index in [1.54, 1.807) is 19.0 Å². The maximum atomic E-state index is 4.16. The Morgan fingerprint density at radius 3 is 2.43 bits per heavy atom. The summed E-state index contributed by atoms with van der Waals surface area (Å²) in [6, 6.07) is 0. The summed E-state index contributed by atoms with van der Waals surface area (Å²) in [6.45, 7) is 3.85. The Hall–Kier alpha value is -2.90. The number of H-pyrrole nitrogens is 1. The minimum absolute atomic E-state index is 0.729. The van der Waals surface area contributed by atoms with Gasteiger partial charge in [0, 0.05) is 7.05 Å². The minimum Gasteiger partial charge on any atom is -0.342 e. The molecule has 4 rings (SSSR count). The lowest BCUT2D eigenvalue weighted by Gasteiger charge is -1.92. The van der Waals surface area contributed by atoms with Crippen LogP contribution < -0.4 is 0 Å². The Morgan fingerprint density at radius 2 is 1.67 bits per heavy atom. The molecule has 4 aromatic heterocycles. The van der Waals surface area contributed by atoms with Gasteiger partial charge in [0.2, 0.25) is 0 Å². The van der Waals surface area contributed by atoms with Crippen molar-refractivity contribution in [1.29, 1.82) is 0 Å². The van der Waals surface area contributed by atoms with Crippen LogP contribution in [0, 0.1) is 13.8 Å². The molecule has 8 nitrogen and oxygen atoms in total. The highest BCUT2D eigenvalue weighted by molar-refractivity contribution is 5.72. The van der Waals surface area contributed by atoms with Gasteiger partial charge in [0.1, 0.15) is 23.7 Å². The molecule has 0 bridgehead atoms. The highest BCUT2D eigenvalue weighted by atomic mass is 15.1. The zero-order valence-corrected chi connectivity index (χ0v) is 11.9. The molecule has 0 unspecified atom stereocenters. The number of imidazole rings is 2. The second kappa shape index (κ2) is 5.23. The third kappa shape index (κ3) is 2.42. The summed E-state index contributed by atoms with van der Waals surface area (Å²) in [6.07, 6.45) is 6.43. The number of nitrogens with zero attached hydrogens (tertiary/aromatic N) is 7. The van der Waals surface area contributed by atoms with Crippen LogP contribution in [0.1, 0.15) is 11.4 Å². The van der Waals surface area contributed by atoms with Crippen molar-refractivity contribution < 1.29 is 0 Å². The standard InChI is InChI=1S/C7H8N4.C6H6N4/c1-5-6-7(9-3-8-5)11(2)4-10-6;1-4-5-6(9-2-7-4)10-3-8-5/h3-4H,1-2H3;2-3H,1H3,(H,7,8,9,10). The maximum Gasteiger partial charge on any atom is 0.180 e. The van der Waals surface area contributed by atoms with Crippen LogP contribution in [0.15, 0.2) is 25.3 Å². The number of aromatic nitrogens is 8. The lowest BCUT2D eigenvalue weighted by molar-refractivity contribution is 0.927. The first-order chi connectivity index (χ1) is 10.2. The summed E-state index contributed by atoms with van der Waals surface area (Å²) in [5.41, 5.74) is 5.28. The normalized spacial score (nSPS) is 10.6. The van der Waals surface area contributed by atoms with E-state index < -0.39 is 0 Å². The molecule has 0 spiro atoms. The average molecular weight is 282 g/mol. The molecule has 0 saturated carbocycles. The van der Waals surface area contributed by atoms with Crippen LogP contribution >= 0.6 is 0 Å². The van der Waals surface area contributed by atoms with Gasteiger partial charge in [-0.3, -0.25) is 0 Å². The molecular formula is C13H14N8. The van der Waals surface area contributed by atoms with E-state index in [4.69, 9.17) is 0 Å². The van der Waals surface area contributed by atoms with Crippen LogP contribution in [0.3, 0.4) is 0 Å². The van der Waals surface area contributed by atoms with E-state index in [1.807, 2.05) is 25.5 Å². The molecule has 4 heterocycles. The zero-order chi connectivity index (χ0) is 14.8. The Kier molecular flexibility index (Phi) is 3.27. The Labute approximate surface area is 120 Å². The van der Waals surface area contributed by atoms with Gasteiger partial charge in [-0.1, -0.05) is 0 Å². The predicted octanol–water partition coefficient (Wildman–Crippen LogP) is 1.33. The Morgan fingerprint density at radius 1 is 0.905 bits per heavy atom. The number of rotatable bonds is 0. The second-order valence-electron chi connectivity index (χ2n) is 4.55. The van der Waals surface area contributed by atoms with Crippen LogP contribution in [0.4, 0.5) is 0 Å². The summed E-state index contributed by atoms with van der Waals surface area (Å²) in [5, 5.41) is 0. The second-order valence-corrected chi connectivity index (χ2v) is 4.55. The number of hydrogen-bond donors (Lipinski definition) is 1. The van der Waals surface area contributed by atoms with Crippen LogP contribution in [0.5, 0.6) is 0 Å². The van der Waals surface area contributed by atoms with Crippen LogP contribution in [0.2, 0.25) is 0 Å². The van der Waals surface area contributed by atoms with E-state index in [0.717, 1.165) is 33.7 Å². The van der Waals surface area contributed by atoms with Gasteiger partial charge < -0.3 is 9.55 Å². The molecule has 0 fully saturated rings. The zero-order valence-electron chi connectivity index (χ0n) is 11.9. The monoisotopic (exact) mass is 282 g/mol. The fourth-order valence-electron chi connectivity index (χ4n) is 1.95. The highest BCUT2D eigenvalue weighted by Gasteiger charge is 2.02. The first kappa shape index (κ1) is 13.1. The van der Waals surface area contributed by atoms with Crippen molar-refractivity contribution in [2.45, 2.75) is 13.8 Å². The van der Waals surface area contributed by atoms with Gasteiger partial charge in [0.05, 0.1) is 24.0 Å². The molecule has 0 aromatic carbocycles. The van der Waals surface area contributed by atoms with E-state index in [1.165, 1.54) is 6.33 Å². The SMILES string of the molecule is Cc1ncnc2c1ncn2C.Cc1ncnc2nc[nH]c12. The fourth-order valence-corrected chi connectivity index (χ4v) is 1.95. The third-order valence-electron chi connectivity index (χ3n) is 3.09. The molecular weight excluding hydrogens is 268 g/mol. The van der Waals surface area contributed by atoms with Gasteiger partial charge in [0.15, 0.2) is 11.3 Å². The van der Waals surface area contributed by atoms with Crippen LogP contribution in [0.25, 0.3) is 22.3 Å². The summed E-state index contributed by atoms with van der Waals surface area (Å²) >= 11 is 0. The lowest BCUT2D eigenvalue weighted by atomic mass is 10.4. The molecule has 0 amide bonds. The Balaban J connectivity index is 0.000000126. The van der Waals surface area contributed by atoms with Gasteiger partial charge in [-0.2, -0.15) is 0 Å². The molecule has 1 N–H and O–H groups in total. The largest absolute Gasteiger partial charge is 0.342 e. The molecule has 0 radical (unpaired) electrons. The molecule has 0 aliphatic rings. The summed E-state index contributed by atoms with van der Waals surface area (Å²) < 4.78 is 1.88. The van der Waals surface area contributed by atoms with E-state index >= 15 is 0 Å². The molecule has 8 heteroatoms. The van der Waals surface area contributed by atoms with E-state index in [2.05, 4.69) is 34.9 Å². The van der Waals surface area contributed by atoms with Gasteiger partial charge in [0.25, 0.3) is 0 Å². The van der Waals surface area contributed by atoms with Crippen molar-refractivity contribution in [2.75, 3.05) is 0 Å². The van der Waals surface area contributed by atoms with E-state index in [-0.39, 0.29) is 0 Å². The summed E-state index contributed by atoms with van der Waals surface area (Å²) in [4.78, 5) is 27.2. The van der Waals surface area contributed by atoms with Crippen molar-refractivity contribution in [3.63, 3.8) is 0 Å². The minimum atomic E-state index is 0.729. The number of nitrogens with one attached hydrogen (secondary N) is 1. The first-order valence-electron chi connectivity index (χ1n) is 6.36. The van der Waals surface area contributed by atoms with Gasteiger partial charge in [-0.25, -0.2) is 29.9 Å². The van der Waals surface area contributed by atoms with Gasteiger partial charge in [-0.05, 0) is 13.8 Å². The van der Waals surface area contributed by atoms with Crippen molar-refractivity contribution in [1.82, 2.24) is 39.5 Å². The number of aryl methyl sites for hydroxylation is 3. The topological polar surface area (TPSA) is 98.1 Å². The molecule has 4 aromatic rings. The van der Waals surface area contributed by atoms with Crippen molar-refractivity contribution in [3.05, 3.63) is 36.7 Å².